The van der Waals surface area contributed by atoms with Crippen LogP contribution in [-0.2, 0) is 4.74 Å². The zero-order valence-corrected chi connectivity index (χ0v) is 11.8. The summed E-state index contributed by atoms with van der Waals surface area (Å²) in [6.45, 7) is 4.79. The van der Waals surface area contributed by atoms with Crippen molar-refractivity contribution in [3.8, 4) is 6.07 Å². The molecular formula is C12H17N5O2S. The minimum atomic E-state index is -0.617. The number of thiophene rings is 1. The lowest BCUT2D eigenvalue weighted by molar-refractivity contribution is 0.0398. The predicted octanol–water partition coefficient (Wildman–Crippen LogP) is 0.0450. The maximum Gasteiger partial charge on any atom is 0.253 e. The van der Waals surface area contributed by atoms with Crippen LogP contribution in [0, 0.1) is 11.3 Å². The molecule has 2 heterocycles. The molecule has 0 atom stereocenters. The van der Waals surface area contributed by atoms with Gasteiger partial charge in [-0.3, -0.25) is 9.69 Å². The molecule has 1 aliphatic rings. The van der Waals surface area contributed by atoms with Gasteiger partial charge in [-0.05, 0) is 0 Å². The normalized spacial score (nSPS) is 15.8. The second-order valence-electron chi connectivity index (χ2n) is 4.41. The van der Waals surface area contributed by atoms with Crippen molar-refractivity contribution in [3.05, 3.63) is 10.4 Å². The summed E-state index contributed by atoms with van der Waals surface area (Å²) < 4.78 is 5.27. The van der Waals surface area contributed by atoms with Crippen LogP contribution in [0.3, 0.4) is 0 Å². The number of primary amides is 1. The molecular weight excluding hydrogens is 278 g/mol. The van der Waals surface area contributed by atoms with E-state index in [1.165, 1.54) is 0 Å². The number of anilines is 2. The quantitative estimate of drug-likeness (QED) is 0.706. The molecule has 2 rings (SSSR count). The van der Waals surface area contributed by atoms with Gasteiger partial charge in [-0.1, -0.05) is 0 Å². The molecule has 1 fully saturated rings. The molecule has 0 saturated carbocycles. The molecule has 7 nitrogen and oxygen atoms in total. The Morgan fingerprint density at radius 2 is 2.20 bits per heavy atom. The Hall–Kier alpha value is -1.82. The van der Waals surface area contributed by atoms with Gasteiger partial charge in [0.25, 0.3) is 5.91 Å². The number of nitrogens with zero attached hydrogens (tertiary/aromatic N) is 2. The Morgan fingerprint density at radius 1 is 1.50 bits per heavy atom. The summed E-state index contributed by atoms with van der Waals surface area (Å²) >= 11 is 1.16. The summed E-state index contributed by atoms with van der Waals surface area (Å²) in [4.78, 5) is 14.0. The lowest BCUT2D eigenvalue weighted by Crippen LogP contribution is -2.39. The van der Waals surface area contributed by atoms with E-state index < -0.39 is 5.91 Å². The van der Waals surface area contributed by atoms with Gasteiger partial charge < -0.3 is 21.5 Å². The average molecular weight is 295 g/mol. The van der Waals surface area contributed by atoms with Crippen LogP contribution in [-0.4, -0.2) is 50.2 Å². The van der Waals surface area contributed by atoms with Crippen LogP contribution in [0.5, 0.6) is 0 Å². The maximum atomic E-state index is 11.4. The number of carbonyl (C=O) groups is 1. The zero-order valence-electron chi connectivity index (χ0n) is 11.0. The van der Waals surface area contributed by atoms with Gasteiger partial charge in [-0.25, -0.2) is 0 Å². The molecule has 1 saturated heterocycles. The third-order valence-electron chi connectivity index (χ3n) is 3.11. The van der Waals surface area contributed by atoms with E-state index in [-0.39, 0.29) is 11.3 Å². The molecule has 108 valence electrons. The van der Waals surface area contributed by atoms with E-state index in [4.69, 9.17) is 21.5 Å². The largest absolute Gasteiger partial charge is 0.396 e. The SMILES string of the molecule is N#Cc1sc(NCCN2CCOCC2)c(C(N)=O)c1N. The van der Waals surface area contributed by atoms with Gasteiger partial charge >= 0.3 is 0 Å². The number of rotatable bonds is 5. The Labute approximate surface area is 121 Å². The maximum absolute atomic E-state index is 11.4. The van der Waals surface area contributed by atoms with Crippen LogP contribution in [0.2, 0.25) is 0 Å². The Balaban J connectivity index is 1.98. The fourth-order valence-corrected chi connectivity index (χ4v) is 3.00. The third kappa shape index (κ3) is 3.19. The monoisotopic (exact) mass is 295 g/mol. The summed E-state index contributed by atoms with van der Waals surface area (Å²) in [6, 6.07) is 1.97. The van der Waals surface area contributed by atoms with E-state index in [1.807, 2.05) is 6.07 Å². The number of nitrogen functional groups attached to an aromatic ring is 1. The highest BCUT2D eigenvalue weighted by Gasteiger charge is 2.20. The molecule has 1 aliphatic heterocycles. The number of ether oxygens (including phenoxy) is 1. The topological polar surface area (TPSA) is 117 Å². The van der Waals surface area contributed by atoms with Crippen molar-refractivity contribution in [3.63, 3.8) is 0 Å². The summed E-state index contributed by atoms with van der Waals surface area (Å²) in [6.07, 6.45) is 0. The van der Waals surface area contributed by atoms with Crippen molar-refractivity contribution in [2.24, 2.45) is 5.73 Å². The molecule has 1 aromatic rings. The summed E-state index contributed by atoms with van der Waals surface area (Å²) in [5, 5.41) is 12.7. The third-order valence-corrected chi connectivity index (χ3v) is 4.18. The van der Waals surface area contributed by atoms with Crippen molar-refractivity contribution in [1.29, 1.82) is 5.26 Å². The van der Waals surface area contributed by atoms with Crippen LogP contribution in [0.15, 0.2) is 0 Å². The van der Waals surface area contributed by atoms with Crippen LogP contribution in [0.25, 0.3) is 0 Å². The highest BCUT2D eigenvalue weighted by molar-refractivity contribution is 7.17. The molecule has 1 aromatic heterocycles. The average Bonchev–Trinajstić information content (AvgIpc) is 2.76. The Bertz CT molecular complexity index is 531. The standard InChI is InChI=1S/C12H17N5O2S/c13-7-8-10(14)9(11(15)18)12(20-8)16-1-2-17-3-5-19-6-4-17/h16H,1-6,14H2,(H2,15,18). The number of amides is 1. The van der Waals surface area contributed by atoms with Gasteiger partial charge in [0.2, 0.25) is 0 Å². The lowest BCUT2D eigenvalue weighted by atomic mass is 10.2. The van der Waals surface area contributed by atoms with Gasteiger partial charge in [0.15, 0.2) is 0 Å². The summed E-state index contributed by atoms with van der Waals surface area (Å²) in [5.41, 5.74) is 11.4. The first-order valence-corrected chi connectivity index (χ1v) is 7.11. The molecule has 0 aromatic carbocycles. The van der Waals surface area contributed by atoms with Crippen molar-refractivity contribution >= 4 is 27.9 Å². The van der Waals surface area contributed by atoms with Crippen molar-refractivity contribution < 1.29 is 9.53 Å². The van der Waals surface area contributed by atoms with Crippen LogP contribution < -0.4 is 16.8 Å². The first kappa shape index (κ1) is 14.6. The fourth-order valence-electron chi connectivity index (χ4n) is 2.05. The molecule has 8 heteroatoms. The lowest BCUT2D eigenvalue weighted by Gasteiger charge is -2.26. The highest BCUT2D eigenvalue weighted by Crippen LogP contribution is 2.34. The Morgan fingerprint density at radius 3 is 2.80 bits per heavy atom. The molecule has 20 heavy (non-hydrogen) atoms. The minimum absolute atomic E-state index is 0.166. The first-order valence-electron chi connectivity index (χ1n) is 6.29. The van der Waals surface area contributed by atoms with Gasteiger partial charge in [-0.2, -0.15) is 5.26 Å². The molecule has 0 bridgehead atoms. The van der Waals surface area contributed by atoms with E-state index in [1.54, 1.807) is 0 Å². The van der Waals surface area contributed by atoms with E-state index in [0.29, 0.717) is 16.4 Å². The van der Waals surface area contributed by atoms with Crippen molar-refractivity contribution in [2.45, 2.75) is 0 Å². The molecule has 0 aliphatic carbocycles. The van der Waals surface area contributed by atoms with Gasteiger partial charge in [0.05, 0.1) is 24.5 Å². The van der Waals surface area contributed by atoms with Crippen molar-refractivity contribution in [2.75, 3.05) is 50.4 Å². The van der Waals surface area contributed by atoms with Crippen LogP contribution in [0.1, 0.15) is 15.2 Å². The first-order chi connectivity index (χ1) is 9.63. The second kappa shape index (κ2) is 6.56. The molecule has 0 radical (unpaired) electrons. The van der Waals surface area contributed by atoms with Gasteiger partial charge in [-0.15, -0.1) is 11.3 Å². The van der Waals surface area contributed by atoms with Gasteiger partial charge in [0, 0.05) is 26.2 Å². The fraction of sp³-hybridized carbons (Fsp3) is 0.500. The van der Waals surface area contributed by atoms with E-state index in [2.05, 4.69) is 10.2 Å². The van der Waals surface area contributed by atoms with E-state index in [9.17, 15) is 4.79 Å². The number of morpholine rings is 1. The Kier molecular flexibility index (Phi) is 4.79. The van der Waals surface area contributed by atoms with E-state index >= 15 is 0 Å². The number of nitrogens with one attached hydrogen (secondary N) is 1. The summed E-state index contributed by atoms with van der Waals surface area (Å²) in [5.74, 6) is -0.617. The molecule has 0 unspecified atom stereocenters. The predicted molar refractivity (Wildman–Crippen MR) is 77.7 cm³/mol. The number of hydrogen-bond acceptors (Lipinski definition) is 7. The van der Waals surface area contributed by atoms with Crippen LogP contribution in [0.4, 0.5) is 10.7 Å². The molecule has 0 spiro atoms. The number of hydrogen-bond donors (Lipinski definition) is 3. The molecule has 5 N–H and O–H groups in total. The second-order valence-corrected chi connectivity index (χ2v) is 5.43. The number of nitriles is 1. The number of nitrogens with two attached hydrogens (primary N) is 2. The van der Waals surface area contributed by atoms with Gasteiger partial charge in [0.1, 0.15) is 15.9 Å². The van der Waals surface area contributed by atoms with E-state index in [0.717, 1.165) is 44.2 Å². The number of carbonyl (C=O) groups excluding carboxylic acids is 1. The zero-order chi connectivity index (χ0) is 14.5. The van der Waals surface area contributed by atoms with Crippen molar-refractivity contribution in [1.82, 2.24) is 4.90 Å². The van der Waals surface area contributed by atoms with Crippen LogP contribution >= 0.6 is 11.3 Å². The minimum Gasteiger partial charge on any atom is -0.396 e. The molecule has 1 amide bonds. The highest BCUT2D eigenvalue weighted by atomic mass is 32.1. The smallest absolute Gasteiger partial charge is 0.253 e. The summed E-state index contributed by atoms with van der Waals surface area (Å²) in [7, 11) is 0.